The quantitative estimate of drug-likeness (QED) is 0.245. The fourth-order valence-electron chi connectivity index (χ4n) is 0.674. The standard InChI is InChI=1S/C11H17NO4/c1-5-12-7-6-9(13)15-8-16-10(14)11(2,3)4/h1,12H,6-8H2,2-4H3. The minimum Gasteiger partial charge on any atom is -0.428 e. The molecule has 5 heteroatoms. The first-order chi connectivity index (χ1) is 7.38. The molecule has 1 N–H and O–H groups in total. The number of rotatable bonds is 5. The maximum Gasteiger partial charge on any atom is 0.314 e. The molecule has 0 heterocycles. The Balaban J connectivity index is 3.63. The Morgan fingerprint density at radius 1 is 1.31 bits per heavy atom. The van der Waals surface area contributed by atoms with Gasteiger partial charge in [-0.15, -0.1) is 0 Å². The molecule has 0 radical (unpaired) electrons. The van der Waals surface area contributed by atoms with Crippen molar-refractivity contribution in [2.45, 2.75) is 27.2 Å². The van der Waals surface area contributed by atoms with Crippen LogP contribution in [0, 0.1) is 17.9 Å². The van der Waals surface area contributed by atoms with Crippen molar-refractivity contribution in [3.05, 3.63) is 0 Å². The summed E-state index contributed by atoms with van der Waals surface area (Å²) < 4.78 is 9.40. The van der Waals surface area contributed by atoms with Crippen LogP contribution in [0.2, 0.25) is 0 Å². The summed E-state index contributed by atoms with van der Waals surface area (Å²) in [7, 11) is 0. The minimum absolute atomic E-state index is 0.136. The van der Waals surface area contributed by atoms with Gasteiger partial charge in [-0.05, 0) is 20.8 Å². The van der Waals surface area contributed by atoms with Gasteiger partial charge in [0.25, 0.3) is 0 Å². The summed E-state index contributed by atoms with van der Waals surface area (Å²) in [5.41, 5.74) is -0.600. The third-order valence-corrected chi connectivity index (χ3v) is 1.58. The molecule has 90 valence electrons. The number of ether oxygens (including phenoxy) is 2. The molecule has 0 aromatic carbocycles. The van der Waals surface area contributed by atoms with Crippen LogP contribution < -0.4 is 5.32 Å². The molecule has 5 nitrogen and oxygen atoms in total. The van der Waals surface area contributed by atoms with Crippen LogP contribution in [0.1, 0.15) is 27.2 Å². The van der Waals surface area contributed by atoms with E-state index in [9.17, 15) is 9.59 Å². The average Bonchev–Trinajstić information content (AvgIpc) is 2.16. The van der Waals surface area contributed by atoms with E-state index in [1.54, 1.807) is 20.8 Å². The first-order valence-electron chi connectivity index (χ1n) is 4.89. The van der Waals surface area contributed by atoms with Crippen molar-refractivity contribution < 1.29 is 19.1 Å². The van der Waals surface area contributed by atoms with Gasteiger partial charge in [-0.25, -0.2) is 0 Å². The van der Waals surface area contributed by atoms with Crippen LogP contribution in [0.3, 0.4) is 0 Å². The van der Waals surface area contributed by atoms with Crippen LogP contribution >= 0.6 is 0 Å². The lowest BCUT2D eigenvalue weighted by atomic mass is 9.98. The summed E-state index contributed by atoms with van der Waals surface area (Å²) in [6.07, 6.45) is 5.06. The van der Waals surface area contributed by atoms with Gasteiger partial charge in [-0.1, -0.05) is 6.42 Å². The Morgan fingerprint density at radius 2 is 1.94 bits per heavy atom. The SMILES string of the molecule is C#CNCCC(=O)OCOC(=O)C(C)(C)C. The van der Waals surface area contributed by atoms with Crippen LogP contribution in [-0.4, -0.2) is 25.3 Å². The number of carbonyl (C=O) groups is 2. The molecule has 0 aliphatic carbocycles. The number of hydrogen-bond acceptors (Lipinski definition) is 5. The molecular weight excluding hydrogens is 210 g/mol. The lowest BCUT2D eigenvalue weighted by Crippen LogP contribution is -2.25. The molecule has 0 aromatic heterocycles. The van der Waals surface area contributed by atoms with Gasteiger partial charge in [0, 0.05) is 12.6 Å². The van der Waals surface area contributed by atoms with Crippen molar-refractivity contribution >= 4 is 11.9 Å². The van der Waals surface area contributed by atoms with E-state index >= 15 is 0 Å². The second-order valence-electron chi connectivity index (χ2n) is 4.14. The van der Waals surface area contributed by atoms with E-state index in [2.05, 4.69) is 16.1 Å². The number of terminal acetylenes is 1. The second-order valence-corrected chi connectivity index (χ2v) is 4.14. The summed E-state index contributed by atoms with van der Waals surface area (Å²) in [5.74, 6) is -0.883. The molecule has 0 fully saturated rings. The monoisotopic (exact) mass is 227 g/mol. The Hall–Kier alpha value is -1.70. The molecule has 0 aromatic rings. The molecule has 0 rings (SSSR count). The lowest BCUT2D eigenvalue weighted by molar-refractivity contribution is -0.173. The average molecular weight is 227 g/mol. The molecule has 0 aliphatic rings. The predicted octanol–water partition coefficient (Wildman–Crippen LogP) is 0.647. The molecule has 0 unspecified atom stereocenters. The Labute approximate surface area is 95.5 Å². The van der Waals surface area contributed by atoms with Crippen molar-refractivity contribution in [2.75, 3.05) is 13.3 Å². The maximum absolute atomic E-state index is 11.3. The fraction of sp³-hybridized carbons (Fsp3) is 0.636. The third-order valence-electron chi connectivity index (χ3n) is 1.58. The Kier molecular flexibility index (Phi) is 6.01. The number of esters is 2. The van der Waals surface area contributed by atoms with Crippen LogP contribution in [0.5, 0.6) is 0 Å². The molecule has 0 aliphatic heterocycles. The van der Waals surface area contributed by atoms with Gasteiger partial charge in [0.15, 0.2) is 0 Å². The van der Waals surface area contributed by atoms with E-state index in [0.717, 1.165) is 0 Å². The zero-order valence-corrected chi connectivity index (χ0v) is 9.83. The molecular formula is C11H17NO4. The van der Waals surface area contributed by atoms with E-state index < -0.39 is 17.4 Å². The number of nitrogens with one attached hydrogen (secondary N) is 1. The zero-order chi connectivity index (χ0) is 12.6. The van der Waals surface area contributed by atoms with Gasteiger partial charge in [0.1, 0.15) is 0 Å². The molecule has 0 atom stereocenters. The van der Waals surface area contributed by atoms with E-state index in [-0.39, 0.29) is 13.2 Å². The van der Waals surface area contributed by atoms with Gasteiger partial charge in [-0.3, -0.25) is 9.59 Å². The minimum atomic E-state index is -0.600. The van der Waals surface area contributed by atoms with Gasteiger partial charge < -0.3 is 14.8 Å². The Morgan fingerprint density at radius 3 is 2.44 bits per heavy atom. The summed E-state index contributed by atoms with van der Waals surface area (Å²) in [4.78, 5) is 22.3. The smallest absolute Gasteiger partial charge is 0.314 e. The van der Waals surface area contributed by atoms with Crippen molar-refractivity contribution in [1.82, 2.24) is 5.32 Å². The highest BCUT2D eigenvalue weighted by atomic mass is 16.7. The van der Waals surface area contributed by atoms with E-state index in [4.69, 9.17) is 11.2 Å². The highest BCUT2D eigenvalue weighted by molar-refractivity contribution is 5.75. The molecule has 16 heavy (non-hydrogen) atoms. The van der Waals surface area contributed by atoms with Crippen molar-refractivity contribution in [3.63, 3.8) is 0 Å². The van der Waals surface area contributed by atoms with Crippen molar-refractivity contribution in [3.8, 4) is 12.5 Å². The van der Waals surface area contributed by atoms with Crippen LogP contribution in [-0.2, 0) is 19.1 Å². The maximum atomic E-state index is 11.3. The van der Waals surface area contributed by atoms with Gasteiger partial charge in [0.2, 0.25) is 6.79 Å². The number of hydrogen-bond donors (Lipinski definition) is 1. The molecule has 0 spiro atoms. The van der Waals surface area contributed by atoms with E-state index in [0.29, 0.717) is 6.54 Å². The van der Waals surface area contributed by atoms with Crippen LogP contribution in [0.15, 0.2) is 0 Å². The predicted molar refractivity (Wildman–Crippen MR) is 58.0 cm³/mol. The van der Waals surface area contributed by atoms with Gasteiger partial charge in [0.05, 0.1) is 11.8 Å². The topological polar surface area (TPSA) is 64.6 Å². The summed E-state index contributed by atoms with van der Waals surface area (Å²) in [6.45, 7) is 5.13. The highest BCUT2D eigenvalue weighted by Gasteiger charge is 2.23. The third kappa shape index (κ3) is 6.71. The lowest BCUT2D eigenvalue weighted by Gasteiger charge is -2.16. The normalized spacial score (nSPS) is 10.1. The van der Waals surface area contributed by atoms with Crippen LogP contribution in [0.4, 0.5) is 0 Å². The van der Waals surface area contributed by atoms with Gasteiger partial charge >= 0.3 is 11.9 Å². The first-order valence-corrected chi connectivity index (χ1v) is 4.89. The number of carbonyl (C=O) groups excluding carboxylic acids is 2. The molecule has 0 saturated carbocycles. The van der Waals surface area contributed by atoms with Gasteiger partial charge in [-0.2, -0.15) is 0 Å². The first kappa shape index (κ1) is 14.3. The van der Waals surface area contributed by atoms with E-state index in [1.165, 1.54) is 0 Å². The summed E-state index contributed by atoms with van der Waals surface area (Å²) in [6, 6.07) is 2.17. The largest absolute Gasteiger partial charge is 0.428 e. The zero-order valence-electron chi connectivity index (χ0n) is 9.83. The van der Waals surface area contributed by atoms with Crippen molar-refractivity contribution in [1.29, 1.82) is 0 Å². The Bertz CT molecular complexity index is 285. The van der Waals surface area contributed by atoms with Crippen LogP contribution in [0.25, 0.3) is 0 Å². The molecule has 0 bridgehead atoms. The fourth-order valence-corrected chi connectivity index (χ4v) is 0.674. The molecule has 0 saturated heterocycles. The summed E-state index contributed by atoms with van der Waals surface area (Å²) >= 11 is 0. The van der Waals surface area contributed by atoms with E-state index in [1.807, 2.05) is 0 Å². The van der Waals surface area contributed by atoms with Crippen molar-refractivity contribution in [2.24, 2.45) is 5.41 Å². The molecule has 0 amide bonds. The second kappa shape index (κ2) is 6.72. The summed E-state index contributed by atoms with van der Waals surface area (Å²) in [5, 5.41) is 2.52. The highest BCUT2D eigenvalue weighted by Crippen LogP contribution is 2.14.